The molecule has 1 atom stereocenters. The SMILES string of the molecule is CCc1ncc(CN[C@H](Cc2ccccc2)C(=O)O)cn1. The van der Waals surface area contributed by atoms with E-state index in [1.54, 1.807) is 12.4 Å². The van der Waals surface area contributed by atoms with Crippen molar-refractivity contribution < 1.29 is 9.90 Å². The van der Waals surface area contributed by atoms with Gasteiger partial charge in [0.05, 0.1) is 0 Å². The Morgan fingerprint density at radius 1 is 1.19 bits per heavy atom. The zero-order valence-electron chi connectivity index (χ0n) is 12.0. The number of carbonyl (C=O) groups is 1. The van der Waals surface area contributed by atoms with Gasteiger partial charge in [-0.2, -0.15) is 0 Å². The average molecular weight is 285 g/mol. The molecular weight excluding hydrogens is 266 g/mol. The number of carboxylic acids is 1. The van der Waals surface area contributed by atoms with Crippen LogP contribution in [0.15, 0.2) is 42.7 Å². The molecule has 2 aromatic rings. The molecule has 1 aromatic heterocycles. The number of aromatic nitrogens is 2. The van der Waals surface area contributed by atoms with E-state index in [4.69, 9.17) is 0 Å². The Morgan fingerprint density at radius 3 is 2.43 bits per heavy atom. The summed E-state index contributed by atoms with van der Waals surface area (Å²) < 4.78 is 0. The molecule has 5 heteroatoms. The van der Waals surface area contributed by atoms with Crippen molar-refractivity contribution in [2.24, 2.45) is 0 Å². The lowest BCUT2D eigenvalue weighted by Gasteiger charge is -2.14. The maximum atomic E-state index is 11.3. The van der Waals surface area contributed by atoms with Gasteiger partial charge in [0, 0.05) is 30.9 Å². The quantitative estimate of drug-likeness (QED) is 0.811. The van der Waals surface area contributed by atoms with Gasteiger partial charge in [-0.25, -0.2) is 9.97 Å². The van der Waals surface area contributed by atoms with Crippen LogP contribution < -0.4 is 5.32 Å². The molecule has 0 bridgehead atoms. The van der Waals surface area contributed by atoms with E-state index in [-0.39, 0.29) is 0 Å². The average Bonchev–Trinajstić information content (AvgIpc) is 2.52. The molecule has 0 aliphatic rings. The summed E-state index contributed by atoms with van der Waals surface area (Å²) >= 11 is 0. The van der Waals surface area contributed by atoms with Gasteiger partial charge in [0.2, 0.25) is 0 Å². The molecule has 0 fully saturated rings. The number of carboxylic acid groups (broad SMARTS) is 1. The second-order valence-electron chi connectivity index (χ2n) is 4.82. The maximum absolute atomic E-state index is 11.3. The molecule has 5 nitrogen and oxygen atoms in total. The van der Waals surface area contributed by atoms with Gasteiger partial charge < -0.3 is 5.11 Å². The van der Waals surface area contributed by atoms with E-state index in [2.05, 4.69) is 15.3 Å². The number of hydrogen-bond donors (Lipinski definition) is 2. The fraction of sp³-hybridized carbons (Fsp3) is 0.312. The first-order chi connectivity index (χ1) is 10.2. The fourth-order valence-corrected chi connectivity index (χ4v) is 1.99. The summed E-state index contributed by atoms with van der Waals surface area (Å²) in [5.74, 6) is -0.0669. The third kappa shape index (κ3) is 4.65. The van der Waals surface area contributed by atoms with Gasteiger partial charge in [0.1, 0.15) is 11.9 Å². The number of aliphatic carboxylic acids is 1. The highest BCUT2D eigenvalue weighted by atomic mass is 16.4. The van der Waals surface area contributed by atoms with Gasteiger partial charge in [-0.15, -0.1) is 0 Å². The second-order valence-corrected chi connectivity index (χ2v) is 4.82. The van der Waals surface area contributed by atoms with E-state index in [1.807, 2.05) is 37.3 Å². The second kappa shape index (κ2) is 7.50. The molecule has 0 saturated heterocycles. The maximum Gasteiger partial charge on any atom is 0.321 e. The molecular formula is C16H19N3O2. The number of aryl methyl sites for hydroxylation is 1. The lowest BCUT2D eigenvalue weighted by Crippen LogP contribution is -2.38. The van der Waals surface area contributed by atoms with Crippen LogP contribution in [0.3, 0.4) is 0 Å². The van der Waals surface area contributed by atoms with E-state index in [0.717, 1.165) is 23.4 Å². The zero-order chi connectivity index (χ0) is 15.1. The molecule has 0 unspecified atom stereocenters. The molecule has 0 aliphatic heterocycles. The Bertz CT molecular complexity index is 570. The van der Waals surface area contributed by atoms with Crippen molar-refractivity contribution in [2.45, 2.75) is 32.4 Å². The van der Waals surface area contributed by atoms with Crippen LogP contribution in [0.4, 0.5) is 0 Å². The minimum Gasteiger partial charge on any atom is -0.480 e. The highest BCUT2D eigenvalue weighted by Crippen LogP contribution is 2.05. The molecule has 0 spiro atoms. The van der Waals surface area contributed by atoms with Gasteiger partial charge in [0.25, 0.3) is 0 Å². The van der Waals surface area contributed by atoms with Crippen molar-refractivity contribution >= 4 is 5.97 Å². The van der Waals surface area contributed by atoms with Crippen LogP contribution in [-0.4, -0.2) is 27.1 Å². The Kier molecular flexibility index (Phi) is 5.40. The third-order valence-electron chi connectivity index (χ3n) is 3.21. The number of hydrogen-bond acceptors (Lipinski definition) is 4. The molecule has 2 rings (SSSR count). The number of nitrogens with zero attached hydrogens (tertiary/aromatic N) is 2. The molecule has 0 saturated carbocycles. The fourth-order valence-electron chi connectivity index (χ4n) is 1.99. The summed E-state index contributed by atoms with van der Waals surface area (Å²) in [7, 11) is 0. The van der Waals surface area contributed by atoms with Gasteiger partial charge in [-0.05, 0) is 12.0 Å². The third-order valence-corrected chi connectivity index (χ3v) is 3.21. The minimum absolute atomic E-state index is 0.438. The van der Waals surface area contributed by atoms with Crippen molar-refractivity contribution in [3.63, 3.8) is 0 Å². The predicted molar refractivity (Wildman–Crippen MR) is 79.8 cm³/mol. The van der Waals surface area contributed by atoms with Crippen LogP contribution in [-0.2, 0) is 24.2 Å². The van der Waals surface area contributed by atoms with Crippen LogP contribution in [0, 0.1) is 0 Å². The Hall–Kier alpha value is -2.27. The van der Waals surface area contributed by atoms with Crippen molar-refractivity contribution in [3.8, 4) is 0 Å². The summed E-state index contributed by atoms with van der Waals surface area (Å²) in [5.41, 5.74) is 1.88. The van der Waals surface area contributed by atoms with E-state index in [0.29, 0.717) is 13.0 Å². The van der Waals surface area contributed by atoms with Gasteiger partial charge in [-0.1, -0.05) is 37.3 Å². The molecule has 1 aromatic carbocycles. The smallest absolute Gasteiger partial charge is 0.321 e. The van der Waals surface area contributed by atoms with Gasteiger partial charge in [0.15, 0.2) is 0 Å². The summed E-state index contributed by atoms with van der Waals surface area (Å²) in [6.07, 6.45) is 4.71. The van der Waals surface area contributed by atoms with Crippen molar-refractivity contribution in [2.75, 3.05) is 0 Å². The van der Waals surface area contributed by atoms with Crippen molar-refractivity contribution in [1.82, 2.24) is 15.3 Å². The first-order valence-electron chi connectivity index (χ1n) is 6.99. The van der Waals surface area contributed by atoms with Crippen LogP contribution in [0.2, 0.25) is 0 Å². The lowest BCUT2D eigenvalue weighted by molar-refractivity contribution is -0.139. The Labute approximate surface area is 124 Å². The van der Waals surface area contributed by atoms with Crippen LogP contribution in [0.5, 0.6) is 0 Å². The summed E-state index contributed by atoms with van der Waals surface area (Å²) in [6, 6.07) is 8.96. The van der Waals surface area contributed by atoms with Crippen LogP contribution in [0.25, 0.3) is 0 Å². The number of rotatable bonds is 7. The minimum atomic E-state index is -0.857. The first-order valence-corrected chi connectivity index (χ1v) is 6.99. The van der Waals surface area contributed by atoms with E-state index < -0.39 is 12.0 Å². The van der Waals surface area contributed by atoms with E-state index in [9.17, 15) is 9.90 Å². The predicted octanol–water partition coefficient (Wildman–Crippen LogP) is 1.82. The van der Waals surface area contributed by atoms with E-state index >= 15 is 0 Å². The molecule has 0 aliphatic carbocycles. The van der Waals surface area contributed by atoms with Gasteiger partial charge >= 0.3 is 5.97 Å². The van der Waals surface area contributed by atoms with Crippen molar-refractivity contribution in [3.05, 3.63) is 59.7 Å². The van der Waals surface area contributed by atoms with Crippen molar-refractivity contribution in [1.29, 1.82) is 0 Å². The molecule has 2 N–H and O–H groups in total. The largest absolute Gasteiger partial charge is 0.480 e. The molecule has 21 heavy (non-hydrogen) atoms. The number of benzene rings is 1. The normalized spacial score (nSPS) is 12.0. The highest BCUT2D eigenvalue weighted by molar-refractivity contribution is 5.73. The standard InChI is InChI=1S/C16H19N3O2/c1-2-15-18-10-13(11-19-15)9-17-14(16(20)21)8-12-6-4-3-5-7-12/h3-7,10-11,14,17H,2,8-9H2,1H3,(H,20,21)/t14-/m1/s1. The molecule has 0 amide bonds. The van der Waals surface area contributed by atoms with Crippen LogP contribution in [0.1, 0.15) is 23.9 Å². The molecule has 0 radical (unpaired) electrons. The summed E-state index contributed by atoms with van der Waals surface area (Å²) in [5, 5.41) is 12.3. The number of nitrogens with one attached hydrogen (secondary N) is 1. The molecule has 110 valence electrons. The summed E-state index contributed by atoms with van der Waals surface area (Å²) in [4.78, 5) is 19.7. The first kappa shape index (κ1) is 15.1. The Morgan fingerprint density at radius 2 is 1.86 bits per heavy atom. The topological polar surface area (TPSA) is 75.1 Å². The Balaban J connectivity index is 1.95. The highest BCUT2D eigenvalue weighted by Gasteiger charge is 2.17. The zero-order valence-corrected chi connectivity index (χ0v) is 12.0. The lowest BCUT2D eigenvalue weighted by atomic mass is 10.1. The monoisotopic (exact) mass is 285 g/mol. The van der Waals surface area contributed by atoms with Crippen LogP contribution >= 0.6 is 0 Å². The van der Waals surface area contributed by atoms with E-state index in [1.165, 1.54) is 0 Å². The van der Waals surface area contributed by atoms with Gasteiger partial charge in [-0.3, -0.25) is 10.1 Å². The summed E-state index contributed by atoms with van der Waals surface area (Å²) in [6.45, 7) is 2.43. The molecule has 1 heterocycles.